The molecule has 0 heterocycles. The number of amides is 2. The Kier molecular flexibility index (Phi) is 7.17. The minimum atomic E-state index is -0.914. The predicted molar refractivity (Wildman–Crippen MR) is 99.8 cm³/mol. The number of carbonyl (C=O) groups is 2. The summed E-state index contributed by atoms with van der Waals surface area (Å²) in [6.07, 6.45) is -1.46. The van der Waals surface area contributed by atoms with Crippen LogP contribution in [0.2, 0.25) is 0 Å². The molecule has 138 valence electrons. The van der Waals surface area contributed by atoms with Gasteiger partial charge in [-0.1, -0.05) is 48.5 Å². The fraction of sp³-hybridized carbons (Fsp3) is 0.300. The van der Waals surface area contributed by atoms with Crippen molar-refractivity contribution >= 4 is 17.7 Å². The van der Waals surface area contributed by atoms with E-state index in [1.54, 1.807) is 6.07 Å². The summed E-state index contributed by atoms with van der Waals surface area (Å²) in [7, 11) is 0. The molecule has 0 radical (unpaired) electrons. The molecule has 1 atom stereocenters. The second kappa shape index (κ2) is 9.58. The number of aliphatic hydroxyl groups is 1. The molecule has 2 rings (SSSR count). The van der Waals surface area contributed by atoms with Crippen molar-refractivity contribution in [2.24, 2.45) is 0 Å². The maximum Gasteiger partial charge on any atom is 0.414 e. The molecule has 0 saturated heterocycles. The van der Waals surface area contributed by atoms with Crippen molar-refractivity contribution in [2.75, 3.05) is 18.0 Å². The Bertz CT molecular complexity index is 734. The van der Waals surface area contributed by atoms with Crippen molar-refractivity contribution in [3.63, 3.8) is 0 Å². The average molecular weight is 356 g/mol. The van der Waals surface area contributed by atoms with Crippen LogP contribution in [0.5, 0.6) is 0 Å². The molecule has 2 aromatic carbocycles. The van der Waals surface area contributed by atoms with Crippen molar-refractivity contribution in [1.29, 1.82) is 0 Å². The number of nitrogens with zero attached hydrogens (tertiary/aromatic N) is 1. The van der Waals surface area contributed by atoms with Crippen LogP contribution >= 0.6 is 0 Å². The zero-order valence-corrected chi connectivity index (χ0v) is 15.0. The Balaban J connectivity index is 2.10. The number of ether oxygens (including phenoxy) is 1. The molecule has 6 nitrogen and oxygen atoms in total. The van der Waals surface area contributed by atoms with Gasteiger partial charge in [-0.2, -0.15) is 0 Å². The van der Waals surface area contributed by atoms with Crippen molar-refractivity contribution in [3.8, 4) is 0 Å². The number of aryl methyl sites for hydroxylation is 1. The molecule has 0 spiro atoms. The van der Waals surface area contributed by atoms with E-state index in [2.05, 4.69) is 5.32 Å². The molecule has 2 amide bonds. The third kappa shape index (κ3) is 5.89. The highest BCUT2D eigenvalue weighted by Crippen LogP contribution is 2.21. The summed E-state index contributed by atoms with van der Waals surface area (Å²) in [5.41, 5.74) is 2.42. The second-order valence-corrected chi connectivity index (χ2v) is 6.03. The van der Waals surface area contributed by atoms with Gasteiger partial charge >= 0.3 is 6.09 Å². The minimum Gasteiger partial charge on any atom is -0.444 e. The summed E-state index contributed by atoms with van der Waals surface area (Å²) in [5, 5.41) is 12.7. The predicted octanol–water partition coefficient (Wildman–Crippen LogP) is 2.64. The third-order valence-electron chi connectivity index (χ3n) is 3.81. The third-order valence-corrected chi connectivity index (χ3v) is 3.81. The second-order valence-electron chi connectivity index (χ2n) is 6.03. The van der Waals surface area contributed by atoms with Gasteiger partial charge in [0.15, 0.2) is 0 Å². The van der Waals surface area contributed by atoms with E-state index in [1.165, 1.54) is 11.8 Å². The first-order valence-electron chi connectivity index (χ1n) is 8.43. The Morgan fingerprint density at radius 2 is 1.77 bits per heavy atom. The fourth-order valence-electron chi connectivity index (χ4n) is 2.47. The van der Waals surface area contributed by atoms with Crippen molar-refractivity contribution in [1.82, 2.24) is 5.32 Å². The van der Waals surface area contributed by atoms with Crippen molar-refractivity contribution in [2.45, 2.75) is 26.6 Å². The Labute approximate surface area is 153 Å². The first-order chi connectivity index (χ1) is 12.5. The number of aliphatic hydroxyl groups excluding tert-OH is 1. The van der Waals surface area contributed by atoms with Gasteiger partial charge in [-0.3, -0.25) is 9.69 Å². The molecule has 0 aliphatic heterocycles. The van der Waals surface area contributed by atoms with Gasteiger partial charge in [0, 0.05) is 13.5 Å². The summed E-state index contributed by atoms with van der Waals surface area (Å²) in [6, 6.07) is 16.8. The molecule has 0 aliphatic rings. The number of hydrogen-bond donors (Lipinski definition) is 2. The molecule has 2 N–H and O–H groups in total. The number of carbonyl (C=O) groups excluding carboxylic acids is 2. The van der Waals surface area contributed by atoms with E-state index < -0.39 is 12.2 Å². The lowest BCUT2D eigenvalue weighted by Gasteiger charge is -2.26. The lowest BCUT2D eigenvalue weighted by atomic mass is 10.1. The number of benzene rings is 2. The molecule has 2 aromatic rings. The lowest BCUT2D eigenvalue weighted by molar-refractivity contribution is -0.119. The molecule has 0 bridgehead atoms. The van der Waals surface area contributed by atoms with Crippen molar-refractivity contribution in [3.05, 3.63) is 65.7 Å². The quantitative estimate of drug-likeness (QED) is 0.799. The molecule has 26 heavy (non-hydrogen) atoms. The van der Waals surface area contributed by atoms with Gasteiger partial charge in [-0.05, 0) is 24.1 Å². The molecule has 1 unspecified atom stereocenters. The summed E-state index contributed by atoms with van der Waals surface area (Å²) in [6.45, 7) is 3.47. The first-order valence-corrected chi connectivity index (χ1v) is 8.43. The van der Waals surface area contributed by atoms with E-state index >= 15 is 0 Å². The largest absolute Gasteiger partial charge is 0.444 e. The fourth-order valence-corrected chi connectivity index (χ4v) is 2.47. The van der Waals surface area contributed by atoms with Gasteiger partial charge < -0.3 is 15.2 Å². The molecule has 0 aliphatic carbocycles. The van der Waals surface area contributed by atoms with Crippen LogP contribution in [0, 0.1) is 6.92 Å². The zero-order chi connectivity index (χ0) is 18.9. The highest BCUT2D eigenvalue weighted by molar-refractivity contribution is 5.88. The van der Waals surface area contributed by atoms with E-state index in [9.17, 15) is 14.7 Å². The van der Waals surface area contributed by atoms with Crippen LogP contribution in [0.3, 0.4) is 0 Å². The maximum atomic E-state index is 12.6. The van der Waals surface area contributed by atoms with Gasteiger partial charge in [0.2, 0.25) is 5.91 Å². The van der Waals surface area contributed by atoms with Gasteiger partial charge in [0.05, 0.1) is 18.3 Å². The normalized spacial score (nSPS) is 11.5. The average Bonchev–Trinajstić information content (AvgIpc) is 2.64. The highest BCUT2D eigenvalue weighted by atomic mass is 16.6. The summed E-state index contributed by atoms with van der Waals surface area (Å²) < 4.78 is 5.41. The highest BCUT2D eigenvalue weighted by Gasteiger charge is 2.22. The molecule has 6 heteroatoms. The SMILES string of the molecule is CC(=O)NCC(O)CN(C(=O)OCc1ccccc1)c1ccccc1C. The maximum absolute atomic E-state index is 12.6. The summed E-state index contributed by atoms with van der Waals surface area (Å²) >= 11 is 0. The summed E-state index contributed by atoms with van der Waals surface area (Å²) in [5.74, 6) is -0.238. The van der Waals surface area contributed by atoms with E-state index in [4.69, 9.17) is 4.74 Å². The molecular weight excluding hydrogens is 332 g/mol. The Morgan fingerprint density at radius 1 is 1.12 bits per heavy atom. The van der Waals surface area contributed by atoms with Crippen LogP contribution in [0.15, 0.2) is 54.6 Å². The number of nitrogens with one attached hydrogen (secondary N) is 1. The molecule has 0 aromatic heterocycles. The Hall–Kier alpha value is -2.86. The van der Waals surface area contributed by atoms with Crippen LogP contribution in [0.25, 0.3) is 0 Å². The van der Waals surface area contributed by atoms with E-state index in [1.807, 2.05) is 55.5 Å². The molecule has 0 fully saturated rings. The van der Waals surface area contributed by atoms with E-state index in [-0.39, 0.29) is 25.6 Å². The lowest BCUT2D eigenvalue weighted by Crippen LogP contribution is -2.43. The van der Waals surface area contributed by atoms with E-state index in [0.717, 1.165) is 11.1 Å². The topological polar surface area (TPSA) is 78.9 Å². The zero-order valence-electron chi connectivity index (χ0n) is 15.0. The number of rotatable bonds is 7. The van der Waals surface area contributed by atoms with Crippen LogP contribution < -0.4 is 10.2 Å². The Morgan fingerprint density at radius 3 is 2.42 bits per heavy atom. The van der Waals surface area contributed by atoms with Crippen LogP contribution in [0.4, 0.5) is 10.5 Å². The van der Waals surface area contributed by atoms with Crippen LogP contribution in [-0.4, -0.2) is 36.3 Å². The van der Waals surface area contributed by atoms with Gasteiger partial charge in [0.1, 0.15) is 6.61 Å². The number of anilines is 1. The van der Waals surface area contributed by atoms with Gasteiger partial charge in [0.25, 0.3) is 0 Å². The monoisotopic (exact) mass is 356 g/mol. The van der Waals surface area contributed by atoms with Gasteiger partial charge in [-0.25, -0.2) is 4.79 Å². The minimum absolute atomic E-state index is 0.0127. The van der Waals surface area contributed by atoms with E-state index in [0.29, 0.717) is 5.69 Å². The standard InChI is InChI=1S/C20H24N2O4/c1-15-8-6-7-11-19(15)22(13-18(24)12-21-16(2)23)20(25)26-14-17-9-4-3-5-10-17/h3-11,18,24H,12-14H2,1-2H3,(H,21,23). The van der Waals surface area contributed by atoms with Crippen LogP contribution in [0.1, 0.15) is 18.1 Å². The first kappa shape index (κ1) is 19.5. The van der Waals surface area contributed by atoms with Crippen LogP contribution in [-0.2, 0) is 16.1 Å². The summed E-state index contributed by atoms with van der Waals surface area (Å²) in [4.78, 5) is 25.1. The number of para-hydroxylation sites is 1. The van der Waals surface area contributed by atoms with Crippen molar-refractivity contribution < 1.29 is 19.4 Å². The number of hydrogen-bond acceptors (Lipinski definition) is 4. The smallest absolute Gasteiger partial charge is 0.414 e. The van der Waals surface area contributed by atoms with Gasteiger partial charge in [-0.15, -0.1) is 0 Å². The molecule has 0 saturated carbocycles. The molecular formula is C20H24N2O4.